The van der Waals surface area contributed by atoms with Crippen molar-refractivity contribution >= 4 is 11.9 Å². The van der Waals surface area contributed by atoms with Gasteiger partial charge < -0.3 is 10.1 Å². The van der Waals surface area contributed by atoms with Crippen LogP contribution in [0.2, 0.25) is 0 Å². The third-order valence-electron chi connectivity index (χ3n) is 3.94. The number of carbonyl (C=O) groups is 2. The number of esters is 1. The van der Waals surface area contributed by atoms with Crippen molar-refractivity contribution in [2.75, 3.05) is 6.61 Å². The van der Waals surface area contributed by atoms with Crippen LogP contribution in [-0.4, -0.2) is 24.5 Å². The summed E-state index contributed by atoms with van der Waals surface area (Å²) in [7, 11) is 0. The molecule has 4 heteroatoms. The Labute approximate surface area is 116 Å². The van der Waals surface area contributed by atoms with E-state index in [1.54, 1.807) is 6.92 Å². The minimum atomic E-state index is -0.467. The second kappa shape index (κ2) is 7.51. The van der Waals surface area contributed by atoms with E-state index >= 15 is 0 Å². The van der Waals surface area contributed by atoms with Gasteiger partial charge in [-0.3, -0.25) is 4.79 Å². The van der Waals surface area contributed by atoms with Gasteiger partial charge in [-0.1, -0.05) is 46.0 Å². The van der Waals surface area contributed by atoms with Crippen LogP contribution >= 0.6 is 0 Å². The Hall–Kier alpha value is -1.06. The van der Waals surface area contributed by atoms with E-state index in [-0.39, 0.29) is 17.3 Å². The monoisotopic (exact) mass is 269 g/mol. The Morgan fingerprint density at radius 3 is 2.63 bits per heavy atom. The Morgan fingerprint density at radius 2 is 2.00 bits per heavy atom. The molecule has 0 bridgehead atoms. The van der Waals surface area contributed by atoms with E-state index in [0.717, 1.165) is 12.8 Å². The zero-order chi connectivity index (χ0) is 14.3. The molecule has 1 heterocycles. The highest BCUT2D eigenvalue weighted by atomic mass is 16.5. The van der Waals surface area contributed by atoms with E-state index in [4.69, 9.17) is 4.74 Å². The van der Waals surface area contributed by atoms with Gasteiger partial charge in [-0.15, -0.1) is 0 Å². The highest BCUT2D eigenvalue weighted by Gasteiger charge is 2.47. The third kappa shape index (κ3) is 4.51. The van der Waals surface area contributed by atoms with Crippen molar-refractivity contribution in [3.8, 4) is 0 Å². The molecule has 1 aliphatic rings. The average molecular weight is 269 g/mol. The highest BCUT2D eigenvalue weighted by Crippen LogP contribution is 2.37. The fourth-order valence-corrected chi connectivity index (χ4v) is 2.79. The molecule has 2 unspecified atom stereocenters. The molecule has 19 heavy (non-hydrogen) atoms. The van der Waals surface area contributed by atoms with Crippen LogP contribution < -0.4 is 5.32 Å². The number of carbonyl (C=O) groups excluding carboxylic acids is 2. The smallest absolute Gasteiger partial charge is 0.329 e. The Balaban J connectivity index is 2.50. The van der Waals surface area contributed by atoms with Gasteiger partial charge >= 0.3 is 5.97 Å². The molecule has 2 atom stereocenters. The molecular weight excluding hydrogens is 242 g/mol. The third-order valence-corrected chi connectivity index (χ3v) is 3.94. The first kappa shape index (κ1) is 16.0. The molecule has 0 aromatic heterocycles. The summed E-state index contributed by atoms with van der Waals surface area (Å²) in [6.07, 6.45) is 7.30. The van der Waals surface area contributed by atoms with E-state index in [2.05, 4.69) is 12.2 Å². The molecule has 0 aromatic rings. The second-order valence-electron chi connectivity index (χ2n) is 5.75. The number of rotatable bonds is 8. The van der Waals surface area contributed by atoms with Gasteiger partial charge in [0.1, 0.15) is 6.04 Å². The van der Waals surface area contributed by atoms with E-state index in [9.17, 15) is 9.59 Å². The van der Waals surface area contributed by atoms with Crippen LogP contribution in [0.25, 0.3) is 0 Å². The van der Waals surface area contributed by atoms with E-state index in [1.165, 1.54) is 25.7 Å². The van der Waals surface area contributed by atoms with Crippen LogP contribution in [0.4, 0.5) is 0 Å². The van der Waals surface area contributed by atoms with Gasteiger partial charge in [-0.05, 0) is 13.3 Å². The molecule has 0 saturated carbocycles. The SMILES string of the molecule is CCCCCCCC1(C)CC(=O)NC1C(=O)OCC. The van der Waals surface area contributed by atoms with Crippen LogP contribution in [0.1, 0.15) is 65.7 Å². The second-order valence-corrected chi connectivity index (χ2v) is 5.75. The van der Waals surface area contributed by atoms with Crippen LogP contribution in [-0.2, 0) is 14.3 Å². The summed E-state index contributed by atoms with van der Waals surface area (Å²) in [5.41, 5.74) is -0.282. The van der Waals surface area contributed by atoms with E-state index in [1.807, 2.05) is 6.92 Å². The largest absolute Gasteiger partial charge is 0.464 e. The molecule has 0 radical (unpaired) electrons. The van der Waals surface area contributed by atoms with Crippen LogP contribution in [0.3, 0.4) is 0 Å². The van der Waals surface area contributed by atoms with Crippen molar-refractivity contribution in [2.24, 2.45) is 5.41 Å². The fourth-order valence-electron chi connectivity index (χ4n) is 2.79. The van der Waals surface area contributed by atoms with Crippen molar-refractivity contribution in [3.05, 3.63) is 0 Å². The molecule has 1 aliphatic heterocycles. The Kier molecular flexibility index (Phi) is 6.32. The summed E-state index contributed by atoms with van der Waals surface area (Å²) < 4.78 is 5.06. The first-order valence-corrected chi connectivity index (χ1v) is 7.49. The fraction of sp³-hybridized carbons (Fsp3) is 0.867. The molecule has 0 spiro atoms. The molecule has 1 N–H and O–H groups in total. The van der Waals surface area contributed by atoms with Crippen molar-refractivity contribution in [3.63, 3.8) is 0 Å². The number of nitrogens with one attached hydrogen (secondary N) is 1. The zero-order valence-electron chi connectivity index (χ0n) is 12.5. The lowest BCUT2D eigenvalue weighted by Gasteiger charge is -2.28. The molecule has 1 saturated heterocycles. The molecule has 0 aromatic carbocycles. The van der Waals surface area contributed by atoms with Gasteiger partial charge in [0.25, 0.3) is 0 Å². The predicted octanol–water partition coefficient (Wildman–Crippen LogP) is 2.80. The number of amides is 1. The van der Waals surface area contributed by atoms with Crippen LogP contribution in [0.5, 0.6) is 0 Å². The van der Waals surface area contributed by atoms with Crippen molar-refractivity contribution in [1.29, 1.82) is 0 Å². The quantitative estimate of drug-likeness (QED) is 0.544. The van der Waals surface area contributed by atoms with E-state index < -0.39 is 6.04 Å². The maximum absolute atomic E-state index is 11.9. The molecule has 110 valence electrons. The number of ether oxygens (including phenoxy) is 1. The summed E-state index contributed by atoms with van der Waals surface area (Å²) >= 11 is 0. The number of hydrogen-bond donors (Lipinski definition) is 1. The lowest BCUT2D eigenvalue weighted by Crippen LogP contribution is -2.43. The molecule has 1 fully saturated rings. The first-order chi connectivity index (χ1) is 9.03. The Bertz CT molecular complexity index is 317. The van der Waals surface area contributed by atoms with Gasteiger partial charge in [-0.2, -0.15) is 0 Å². The number of unbranched alkanes of at least 4 members (excludes halogenated alkanes) is 4. The summed E-state index contributed by atoms with van der Waals surface area (Å²) in [5, 5.41) is 2.77. The lowest BCUT2D eigenvalue weighted by molar-refractivity contribution is -0.148. The standard InChI is InChI=1S/C15H27NO3/c1-4-6-7-8-9-10-15(3)11-12(17)16-13(15)14(18)19-5-2/h13H,4-11H2,1-3H3,(H,16,17). The van der Waals surface area contributed by atoms with Crippen LogP contribution in [0, 0.1) is 5.41 Å². The maximum Gasteiger partial charge on any atom is 0.329 e. The zero-order valence-corrected chi connectivity index (χ0v) is 12.5. The van der Waals surface area contributed by atoms with Gasteiger partial charge in [0.2, 0.25) is 5.91 Å². The predicted molar refractivity (Wildman–Crippen MR) is 74.7 cm³/mol. The van der Waals surface area contributed by atoms with Crippen molar-refractivity contribution in [2.45, 2.75) is 71.8 Å². The maximum atomic E-state index is 11.9. The lowest BCUT2D eigenvalue weighted by atomic mass is 9.78. The molecule has 4 nitrogen and oxygen atoms in total. The molecular formula is C15H27NO3. The minimum absolute atomic E-state index is 0.0332. The molecule has 1 amide bonds. The Morgan fingerprint density at radius 1 is 1.32 bits per heavy atom. The summed E-state index contributed by atoms with van der Waals surface area (Å²) in [5.74, 6) is -0.321. The van der Waals surface area contributed by atoms with Gasteiger partial charge in [0.05, 0.1) is 6.61 Å². The van der Waals surface area contributed by atoms with Crippen molar-refractivity contribution in [1.82, 2.24) is 5.32 Å². The first-order valence-electron chi connectivity index (χ1n) is 7.49. The van der Waals surface area contributed by atoms with Gasteiger partial charge in [0.15, 0.2) is 0 Å². The van der Waals surface area contributed by atoms with Gasteiger partial charge in [-0.25, -0.2) is 4.79 Å². The minimum Gasteiger partial charge on any atom is -0.464 e. The summed E-state index contributed by atoms with van der Waals surface area (Å²) in [6, 6.07) is -0.467. The molecule has 1 rings (SSSR count). The summed E-state index contributed by atoms with van der Waals surface area (Å²) in [6.45, 7) is 6.36. The van der Waals surface area contributed by atoms with Crippen LogP contribution in [0.15, 0.2) is 0 Å². The summed E-state index contributed by atoms with van der Waals surface area (Å²) in [4.78, 5) is 23.5. The van der Waals surface area contributed by atoms with E-state index in [0.29, 0.717) is 13.0 Å². The highest BCUT2D eigenvalue weighted by molar-refractivity contribution is 5.89. The average Bonchev–Trinajstić information content (AvgIpc) is 2.65. The normalized spacial score (nSPS) is 26.3. The number of hydrogen-bond acceptors (Lipinski definition) is 3. The molecule has 0 aliphatic carbocycles. The van der Waals surface area contributed by atoms with Crippen molar-refractivity contribution < 1.29 is 14.3 Å². The van der Waals surface area contributed by atoms with Gasteiger partial charge in [0, 0.05) is 11.8 Å². The topological polar surface area (TPSA) is 55.4 Å².